The van der Waals surface area contributed by atoms with Gasteiger partial charge in [-0.1, -0.05) is 24.3 Å². The van der Waals surface area contributed by atoms with E-state index < -0.39 is 22.5 Å². The molecule has 9 heteroatoms. The average Bonchev–Trinajstić information content (AvgIpc) is 2.59. The molecular formula is C19H22F2N2O4S. The van der Waals surface area contributed by atoms with Gasteiger partial charge in [0, 0.05) is 18.2 Å². The second-order valence-electron chi connectivity index (χ2n) is 6.39. The van der Waals surface area contributed by atoms with Crippen molar-refractivity contribution in [2.75, 3.05) is 0 Å². The molecule has 0 bridgehead atoms. The van der Waals surface area contributed by atoms with Crippen LogP contribution in [0.1, 0.15) is 35.3 Å². The number of carbonyl (C=O) groups excluding carboxylic acids is 1. The first-order chi connectivity index (χ1) is 13.2. The Labute approximate surface area is 163 Å². The molecule has 0 saturated carbocycles. The van der Waals surface area contributed by atoms with Crippen LogP contribution in [0.3, 0.4) is 0 Å². The molecule has 0 aromatic heterocycles. The fraction of sp³-hybridized carbons (Fsp3) is 0.316. The molecule has 1 amide bonds. The van der Waals surface area contributed by atoms with Gasteiger partial charge in [0.25, 0.3) is 5.91 Å². The maximum atomic E-state index is 12.3. The van der Waals surface area contributed by atoms with Gasteiger partial charge in [0.2, 0.25) is 10.0 Å². The van der Waals surface area contributed by atoms with Crippen molar-refractivity contribution in [2.45, 2.75) is 38.8 Å². The molecule has 0 saturated heterocycles. The van der Waals surface area contributed by atoms with Crippen LogP contribution in [0, 0.1) is 0 Å². The normalized spacial score (nSPS) is 11.6. The van der Waals surface area contributed by atoms with Crippen LogP contribution in [0.4, 0.5) is 8.78 Å². The fourth-order valence-electron chi connectivity index (χ4n) is 2.54. The van der Waals surface area contributed by atoms with E-state index in [1.807, 2.05) is 0 Å². The second-order valence-corrected chi connectivity index (χ2v) is 8.14. The Kier molecular flexibility index (Phi) is 7.47. The van der Waals surface area contributed by atoms with Crippen LogP contribution in [0.5, 0.6) is 5.75 Å². The van der Waals surface area contributed by atoms with Gasteiger partial charge in [-0.25, -0.2) is 13.1 Å². The summed E-state index contributed by atoms with van der Waals surface area (Å²) in [6.07, 6.45) is 0. The number of alkyl halides is 2. The molecule has 0 aliphatic carbocycles. The molecule has 0 radical (unpaired) electrons. The number of carbonyl (C=O) groups is 1. The van der Waals surface area contributed by atoms with Crippen molar-refractivity contribution in [1.82, 2.24) is 10.0 Å². The molecule has 2 rings (SSSR count). The molecule has 0 aliphatic rings. The van der Waals surface area contributed by atoms with Crippen molar-refractivity contribution < 1.29 is 26.7 Å². The van der Waals surface area contributed by atoms with Crippen LogP contribution in [-0.4, -0.2) is 27.0 Å². The monoisotopic (exact) mass is 412 g/mol. The lowest BCUT2D eigenvalue weighted by Gasteiger charge is -2.13. The van der Waals surface area contributed by atoms with Crippen molar-refractivity contribution in [2.24, 2.45) is 0 Å². The molecule has 0 atom stereocenters. The smallest absolute Gasteiger partial charge is 0.387 e. The van der Waals surface area contributed by atoms with E-state index in [0.717, 1.165) is 0 Å². The summed E-state index contributed by atoms with van der Waals surface area (Å²) in [5, 5.41) is 2.70. The summed E-state index contributed by atoms with van der Waals surface area (Å²) in [4.78, 5) is 12.3. The maximum Gasteiger partial charge on any atom is 0.387 e. The topological polar surface area (TPSA) is 84.5 Å². The molecule has 2 aromatic carbocycles. The Hall–Kier alpha value is -2.52. The van der Waals surface area contributed by atoms with Crippen LogP contribution in [0.25, 0.3) is 0 Å². The molecule has 0 unspecified atom stereocenters. The number of benzene rings is 2. The van der Waals surface area contributed by atoms with Gasteiger partial charge in [-0.2, -0.15) is 8.78 Å². The number of rotatable bonds is 9. The summed E-state index contributed by atoms with van der Waals surface area (Å²) in [5.41, 5.74) is 1.52. The SMILES string of the molecule is CC(C)NS(=O)(=O)Cc1ccccc1CNC(=O)c1ccc(OC(F)F)cc1. The molecule has 6 nitrogen and oxygen atoms in total. The van der Waals surface area contributed by atoms with Crippen LogP contribution in [0.2, 0.25) is 0 Å². The van der Waals surface area contributed by atoms with E-state index >= 15 is 0 Å². The number of hydrogen-bond donors (Lipinski definition) is 2. The third-order valence-electron chi connectivity index (χ3n) is 3.66. The van der Waals surface area contributed by atoms with Gasteiger partial charge in [0.15, 0.2) is 0 Å². The molecule has 2 N–H and O–H groups in total. The van der Waals surface area contributed by atoms with Gasteiger partial charge in [0.05, 0.1) is 5.75 Å². The molecular weight excluding hydrogens is 390 g/mol. The van der Waals surface area contributed by atoms with Crippen molar-refractivity contribution in [3.63, 3.8) is 0 Å². The average molecular weight is 412 g/mol. The van der Waals surface area contributed by atoms with E-state index in [0.29, 0.717) is 11.1 Å². The Morgan fingerprint density at radius 2 is 1.64 bits per heavy atom. The zero-order chi connectivity index (χ0) is 20.7. The minimum atomic E-state index is -3.50. The van der Waals surface area contributed by atoms with Gasteiger partial charge in [0.1, 0.15) is 5.75 Å². The molecule has 2 aromatic rings. The summed E-state index contributed by atoms with van der Waals surface area (Å²) >= 11 is 0. The summed E-state index contributed by atoms with van der Waals surface area (Å²) in [7, 11) is -3.50. The third-order valence-corrected chi connectivity index (χ3v) is 5.18. The first kappa shape index (κ1) is 21.8. The molecule has 0 heterocycles. The van der Waals surface area contributed by atoms with Crippen molar-refractivity contribution in [3.05, 3.63) is 65.2 Å². The minimum Gasteiger partial charge on any atom is -0.435 e. The lowest BCUT2D eigenvalue weighted by Crippen LogP contribution is -2.31. The van der Waals surface area contributed by atoms with Gasteiger partial charge < -0.3 is 10.1 Å². The van der Waals surface area contributed by atoms with Crippen LogP contribution >= 0.6 is 0 Å². The van der Waals surface area contributed by atoms with E-state index in [2.05, 4.69) is 14.8 Å². The number of ether oxygens (including phenoxy) is 1. The molecule has 0 fully saturated rings. The Morgan fingerprint density at radius 3 is 2.21 bits per heavy atom. The van der Waals surface area contributed by atoms with Crippen molar-refractivity contribution in [1.29, 1.82) is 0 Å². The highest BCUT2D eigenvalue weighted by Crippen LogP contribution is 2.16. The third kappa shape index (κ3) is 6.90. The van der Waals surface area contributed by atoms with Crippen LogP contribution < -0.4 is 14.8 Å². The van der Waals surface area contributed by atoms with E-state index in [-0.39, 0.29) is 29.7 Å². The first-order valence-electron chi connectivity index (χ1n) is 8.56. The number of sulfonamides is 1. The Balaban J connectivity index is 2.03. The van der Waals surface area contributed by atoms with E-state index in [4.69, 9.17) is 0 Å². The van der Waals surface area contributed by atoms with E-state index in [1.165, 1.54) is 24.3 Å². The van der Waals surface area contributed by atoms with Crippen molar-refractivity contribution in [3.8, 4) is 5.75 Å². The lowest BCUT2D eigenvalue weighted by molar-refractivity contribution is -0.0498. The van der Waals surface area contributed by atoms with Gasteiger partial charge in [-0.05, 0) is 49.2 Å². The number of halogens is 2. The van der Waals surface area contributed by atoms with Gasteiger partial charge >= 0.3 is 6.61 Å². The van der Waals surface area contributed by atoms with Gasteiger partial charge in [-0.15, -0.1) is 0 Å². The molecule has 152 valence electrons. The predicted molar refractivity (Wildman–Crippen MR) is 102 cm³/mol. The Bertz CT molecular complexity index is 900. The van der Waals surface area contributed by atoms with Crippen LogP contribution in [0.15, 0.2) is 48.5 Å². The Morgan fingerprint density at radius 1 is 1.04 bits per heavy atom. The molecule has 28 heavy (non-hydrogen) atoms. The highest BCUT2D eigenvalue weighted by molar-refractivity contribution is 7.88. The number of hydrogen-bond acceptors (Lipinski definition) is 4. The van der Waals surface area contributed by atoms with Crippen molar-refractivity contribution >= 4 is 15.9 Å². The highest BCUT2D eigenvalue weighted by atomic mass is 32.2. The molecule has 0 aliphatic heterocycles. The zero-order valence-electron chi connectivity index (χ0n) is 15.5. The standard InChI is InChI=1S/C19H22F2N2O4S/c1-13(2)23-28(25,26)12-16-6-4-3-5-15(16)11-22-18(24)14-7-9-17(10-8-14)27-19(20)21/h3-10,13,19,23H,11-12H2,1-2H3,(H,22,24). The zero-order valence-corrected chi connectivity index (χ0v) is 16.3. The summed E-state index contributed by atoms with van der Waals surface area (Å²) in [5.74, 6) is -0.655. The van der Waals surface area contributed by atoms with Gasteiger partial charge in [-0.3, -0.25) is 4.79 Å². The predicted octanol–water partition coefficient (Wildman–Crippen LogP) is 3.05. The molecule has 0 spiro atoms. The maximum absolute atomic E-state index is 12.3. The summed E-state index contributed by atoms with van der Waals surface area (Å²) in [6.45, 7) is 0.669. The highest BCUT2D eigenvalue weighted by Gasteiger charge is 2.16. The quantitative estimate of drug-likeness (QED) is 0.663. The largest absolute Gasteiger partial charge is 0.435 e. The number of nitrogens with one attached hydrogen (secondary N) is 2. The first-order valence-corrected chi connectivity index (χ1v) is 10.2. The van der Waals surface area contributed by atoms with Crippen LogP contribution in [-0.2, 0) is 22.3 Å². The summed E-state index contributed by atoms with van der Waals surface area (Å²) in [6, 6.07) is 12.0. The van der Waals surface area contributed by atoms with E-state index in [1.54, 1.807) is 38.1 Å². The number of amides is 1. The van der Waals surface area contributed by atoms with E-state index in [9.17, 15) is 22.0 Å². The minimum absolute atomic E-state index is 0.0419. The lowest BCUT2D eigenvalue weighted by atomic mass is 10.1. The second kappa shape index (κ2) is 9.61. The summed E-state index contributed by atoms with van der Waals surface area (Å²) < 4.78 is 55.4. The fourth-order valence-corrected chi connectivity index (χ4v) is 4.03.